The van der Waals surface area contributed by atoms with Gasteiger partial charge in [0.2, 0.25) is 0 Å². The van der Waals surface area contributed by atoms with Crippen LogP contribution in [0, 0.1) is 6.92 Å². The van der Waals surface area contributed by atoms with E-state index in [2.05, 4.69) is 9.47 Å². The van der Waals surface area contributed by atoms with Crippen LogP contribution >= 0.6 is 0 Å². The molecule has 0 fully saturated rings. The third kappa shape index (κ3) is 6.60. The molecule has 4 rings (SSSR count). The molecule has 218 valence electrons. The molecule has 0 unspecified atom stereocenters. The van der Waals surface area contributed by atoms with Gasteiger partial charge in [0.05, 0.1) is 25.4 Å². The zero-order valence-corrected chi connectivity index (χ0v) is 25.2. The summed E-state index contributed by atoms with van der Waals surface area (Å²) in [6.07, 6.45) is 0. The molecule has 0 bridgehead atoms. The van der Waals surface area contributed by atoms with Gasteiger partial charge in [-0.25, -0.2) is 0 Å². The summed E-state index contributed by atoms with van der Waals surface area (Å²) in [5, 5.41) is 1.88. The number of carbonyl (C=O) groups is 2. The first kappa shape index (κ1) is 30.6. The first-order chi connectivity index (χ1) is 19.7. The van der Waals surface area contributed by atoms with Crippen molar-refractivity contribution in [3.05, 3.63) is 82.9 Å². The Balaban J connectivity index is 1.80. The molecule has 0 atom stereocenters. The maximum Gasteiger partial charge on any atom is 0.193 e. The van der Waals surface area contributed by atoms with Crippen molar-refractivity contribution in [2.45, 2.75) is 39.8 Å². The lowest BCUT2D eigenvalue weighted by Gasteiger charge is -2.37. The Hall–Kier alpha value is -3.36. The van der Waals surface area contributed by atoms with Crippen molar-refractivity contribution in [3.8, 4) is 0 Å². The fourth-order valence-electron chi connectivity index (χ4n) is 5.37. The van der Waals surface area contributed by atoms with Crippen molar-refractivity contribution >= 4 is 33.4 Å². The molecule has 0 amide bonds. The number of fused-ring (bicyclic) bond motifs is 3. The van der Waals surface area contributed by atoms with Gasteiger partial charge >= 0.3 is 0 Å². The number of nitrogens with zero attached hydrogens (tertiary/aromatic N) is 2. The van der Waals surface area contributed by atoms with Crippen LogP contribution in [0.3, 0.4) is 0 Å². The second-order valence-corrected chi connectivity index (χ2v) is 10.9. The number of benzene rings is 3. The lowest BCUT2D eigenvalue weighted by atomic mass is 9.90. The second kappa shape index (κ2) is 13.5. The molecule has 1 aromatic heterocycles. The Labute approximate surface area is 243 Å². The largest absolute Gasteiger partial charge is 0.383 e. The first-order valence-corrected chi connectivity index (χ1v) is 14.3. The van der Waals surface area contributed by atoms with Gasteiger partial charge in [-0.05, 0) is 64.1 Å². The highest BCUT2D eigenvalue weighted by molar-refractivity contribution is 6.16. The number of ketones is 2. The maximum absolute atomic E-state index is 14.0. The number of aryl methyl sites for hydroxylation is 1. The van der Waals surface area contributed by atoms with E-state index in [1.807, 2.05) is 88.4 Å². The number of hydrogen-bond donors (Lipinski definition) is 0. The van der Waals surface area contributed by atoms with Gasteiger partial charge in [-0.2, -0.15) is 0 Å². The predicted octanol–water partition coefficient (Wildman–Crippen LogP) is 5.93. The third-order valence-corrected chi connectivity index (χ3v) is 7.84. The fourth-order valence-corrected chi connectivity index (χ4v) is 5.37. The molecule has 41 heavy (non-hydrogen) atoms. The SMILES string of the molecule is CCOCCn1c2ccc(C(=O)c3ccc(C)cc3)cc2c2cc(C(=O)C(C)(C)N(CCOC)CCOC)ccc21. The topological polar surface area (TPSA) is 70.0 Å². The van der Waals surface area contributed by atoms with E-state index in [1.54, 1.807) is 14.2 Å². The summed E-state index contributed by atoms with van der Waals surface area (Å²) in [5.41, 5.74) is 4.24. The van der Waals surface area contributed by atoms with Crippen LogP contribution in [-0.2, 0) is 20.8 Å². The van der Waals surface area contributed by atoms with E-state index in [0.29, 0.717) is 62.8 Å². The number of aromatic nitrogens is 1. The number of rotatable bonds is 15. The number of carbonyl (C=O) groups excluding carboxylic acids is 2. The molecule has 0 aliphatic carbocycles. The highest BCUT2D eigenvalue weighted by atomic mass is 16.5. The van der Waals surface area contributed by atoms with Gasteiger partial charge in [-0.3, -0.25) is 14.5 Å². The molecule has 0 saturated heterocycles. The number of ether oxygens (including phenoxy) is 3. The molecule has 1 heterocycles. The Bertz CT molecular complexity index is 1500. The Kier molecular flexibility index (Phi) is 10.1. The van der Waals surface area contributed by atoms with Crippen LogP contribution in [0.2, 0.25) is 0 Å². The summed E-state index contributed by atoms with van der Waals surface area (Å²) in [5.74, 6) is -0.00359. The van der Waals surface area contributed by atoms with Crippen LogP contribution in [0.5, 0.6) is 0 Å². The number of methoxy groups -OCH3 is 2. The summed E-state index contributed by atoms with van der Waals surface area (Å²) in [7, 11) is 3.33. The van der Waals surface area contributed by atoms with Gasteiger partial charge in [-0.1, -0.05) is 29.8 Å². The minimum Gasteiger partial charge on any atom is -0.383 e. The standard InChI is InChI=1S/C34H42N2O5/c1-7-41-21-18-36-30-14-12-26(32(37)25-10-8-24(2)9-11-25)22-28(30)29-23-27(13-15-31(29)36)33(38)34(3,4)35(16-19-39-5)17-20-40-6/h8-15,22-23H,7,16-21H2,1-6H3. The summed E-state index contributed by atoms with van der Waals surface area (Å²) in [6.45, 7) is 12.0. The highest BCUT2D eigenvalue weighted by Gasteiger charge is 2.35. The van der Waals surface area contributed by atoms with Crippen molar-refractivity contribution < 1.29 is 23.8 Å². The van der Waals surface area contributed by atoms with Gasteiger partial charge in [-0.15, -0.1) is 0 Å². The van der Waals surface area contributed by atoms with Crippen LogP contribution < -0.4 is 0 Å². The van der Waals surface area contributed by atoms with E-state index in [-0.39, 0.29) is 11.6 Å². The Morgan fingerprint density at radius 2 is 1.32 bits per heavy atom. The Morgan fingerprint density at radius 1 is 0.780 bits per heavy atom. The lowest BCUT2D eigenvalue weighted by Crippen LogP contribution is -2.52. The van der Waals surface area contributed by atoms with Crippen molar-refractivity contribution in [1.82, 2.24) is 9.47 Å². The molecule has 0 aliphatic rings. The molecular weight excluding hydrogens is 516 g/mol. The smallest absolute Gasteiger partial charge is 0.193 e. The summed E-state index contributed by atoms with van der Waals surface area (Å²) >= 11 is 0. The zero-order valence-electron chi connectivity index (χ0n) is 25.2. The number of Topliss-reactive ketones (excluding diaryl/α,β-unsaturated/α-hetero) is 1. The van der Waals surface area contributed by atoms with Gasteiger partial charge in [0.25, 0.3) is 0 Å². The van der Waals surface area contributed by atoms with E-state index >= 15 is 0 Å². The van der Waals surface area contributed by atoms with E-state index in [0.717, 1.165) is 27.4 Å². The normalized spacial score (nSPS) is 12.1. The summed E-state index contributed by atoms with van der Waals surface area (Å²) in [4.78, 5) is 29.5. The van der Waals surface area contributed by atoms with Crippen molar-refractivity contribution in [2.24, 2.45) is 0 Å². The molecule has 0 aliphatic heterocycles. The Morgan fingerprint density at radius 3 is 1.88 bits per heavy atom. The van der Waals surface area contributed by atoms with Crippen molar-refractivity contribution in [3.63, 3.8) is 0 Å². The van der Waals surface area contributed by atoms with Gasteiger partial charge < -0.3 is 18.8 Å². The number of hydrogen-bond acceptors (Lipinski definition) is 6. The average Bonchev–Trinajstić information content (AvgIpc) is 3.29. The van der Waals surface area contributed by atoms with E-state index < -0.39 is 5.54 Å². The fraction of sp³-hybridized carbons (Fsp3) is 0.412. The van der Waals surface area contributed by atoms with E-state index in [4.69, 9.17) is 14.2 Å². The van der Waals surface area contributed by atoms with E-state index in [9.17, 15) is 9.59 Å². The molecule has 7 heteroatoms. The minimum absolute atomic E-state index is 0.0220. The second-order valence-electron chi connectivity index (χ2n) is 10.9. The zero-order chi connectivity index (χ0) is 29.6. The first-order valence-electron chi connectivity index (χ1n) is 14.3. The van der Waals surface area contributed by atoms with Crippen LogP contribution in [-0.4, -0.2) is 80.3 Å². The molecule has 3 aromatic carbocycles. The lowest BCUT2D eigenvalue weighted by molar-refractivity contribution is 0.0418. The maximum atomic E-state index is 14.0. The summed E-state index contributed by atoms with van der Waals surface area (Å²) in [6, 6.07) is 19.4. The van der Waals surface area contributed by atoms with Crippen LogP contribution in [0.4, 0.5) is 0 Å². The quantitative estimate of drug-likeness (QED) is 0.133. The molecule has 0 saturated carbocycles. The monoisotopic (exact) mass is 558 g/mol. The molecule has 0 spiro atoms. The van der Waals surface area contributed by atoms with Crippen molar-refractivity contribution in [2.75, 3.05) is 53.7 Å². The van der Waals surface area contributed by atoms with Gasteiger partial charge in [0.15, 0.2) is 11.6 Å². The summed E-state index contributed by atoms with van der Waals surface area (Å²) < 4.78 is 18.5. The molecule has 4 aromatic rings. The molecule has 0 radical (unpaired) electrons. The highest BCUT2D eigenvalue weighted by Crippen LogP contribution is 2.33. The van der Waals surface area contributed by atoms with Crippen molar-refractivity contribution in [1.29, 1.82) is 0 Å². The van der Waals surface area contributed by atoms with Gasteiger partial charge in [0.1, 0.15) is 0 Å². The van der Waals surface area contributed by atoms with E-state index in [1.165, 1.54) is 0 Å². The van der Waals surface area contributed by atoms with Gasteiger partial charge in [0, 0.05) is 79.0 Å². The third-order valence-electron chi connectivity index (χ3n) is 7.84. The van der Waals surface area contributed by atoms with Crippen LogP contribution in [0.25, 0.3) is 21.8 Å². The predicted molar refractivity (Wildman–Crippen MR) is 164 cm³/mol. The van der Waals surface area contributed by atoms with Crippen LogP contribution in [0.15, 0.2) is 60.7 Å². The average molecular weight is 559 g/mol. The molecule has 0 N–H and O–H groups in total. The molecular formula is C34H42N2O5. The minimum atomic E-state index is -0.773. The van der Waals surface area contributed by atoms with Crippen LogP contribution in [0.1, 0.15) is 52.6 Å². The molecule has 7 nitrogen and oxygen atoms in total.